The smallest absolute Gasteiger partial charge is 0.283 e. The molecule has 0 spiro atoms. The second-order valence-corrected chi connectivity index (χ2v) is 11.5. The third kappa shape index (κ3) is 5.07. The first-order valence-corrected chi connectivity index (χ1v) is 12.2. The summed E-state index contributed by atoms with van der Waals surface area (Å²) in [6.07, 6.45) is 0.904. The lowest BCUT2D eigenvalue weighted by atomic mass is 9.72. The molecule has 186 valence electrons. The van der Waals surface area contributed by atoms with E-state index in [-0.39, 0.29) is 38.5 Å². The Kier molecular flexibility index (Phi) is 7.20. The van der Waals surface area contributed by atoms with Crippen LogP contribution in [0.4, 0.5) is 22.1 Å². The average Bonchev–Trinajstić information content (AvgIpc) is 3.12. The summed E-state index contributed by atoms with van der Waals surface area (Å²) in [5.41, 5.74) is 2.43. The van der Waals surface area contributed by atoms with E-state index in [2.05, 4.69) is 58.9 Å². The van der Waals surface area contributed by atoms with Gasteiger partial charge in [0.05, 0.1) is 24.5 Å². The molecule has 0 radical (unpaired) electrons. The molecule has 1 aromatic carbocycles. The van der Waals surface area contributed by atoms with Gasteiger partial charge in [0.1, 0.15) is 5.69 Å². The van der Waals surface area contributed by atoms with Gasteiger partial charge in [-0.1, -0.05) is 46.8 Å². The van der Waals surface area contributed by atoms with E-state index < -0.39 is 11.4 Å². The molecule has 0 aliphatic carbocycles. The van der Waals surface area contributed by atoms with Crippen molar-refractivity contribution in [3.8, 4) is 11.6 Å². The van der Waals surface area contributed by atoms with Crippen molar-refractivity contribution in [2.75, 3.05) is 0 Å². The number of hydrogen-bond acceptors (Lipinski definition) is 6. The quantitative estimate of drug-likeness (QED) is 0.282. The van der Waals surface area contributed by atoms with Crippen LogP contribution >= 0.6 is 11.5 Å². The molecule has 0 atom stereocenters. The molecule has 8 nitrogen and oxygen atoms in total. The van der Waals surface area contributed by atoms with E-state index in [1.807, 2.05) is 25.1 Å². The van der Waals surface area contributed by atoms with Crippen molar-refractivity contribution < 1.29 is 5.11 Å². The summed E-state index contributed by atoms with van der Waals surface area (Å²) >= 11 is 1.01. The first-order chi connectivity index (χ1) is 16.7. The summed E-state index contributed by atoms with van der Waals surface area (Å²) in [5.74, 6) is -0.434. The predicted octanol–water partition coefficient (Wildman–Crippen LogP) is 8.16. The van der Waals surface area contributed by atoms with Crippen LogP contribution in [0.1, 0.15) is 63.4 Å². The van der Waals surface area contributed by atoms with Crippen molar-refractivity contribution in [2.24, 2.45) is 15.6 Å². The van der Waals surface area contributed by atoms with Crippen LogP contribution < -0.4 is 5.56 Å². The van der Waals surface area contributed by atoms with Gasteiger partial charge in [0.15, 0.2) is 5.00 Å². The highest BCUT2D eigenvalue weighted by Crippen LogP contribution is 2.41. The number of aryl methyl sites for hydroxylation is 2. The normalized spacial score (nSPS) is 12.1. The number of azo groups is 1. The predicted molar refractivity (Wildman–Crippen MR) is 144 cm³/mol. The number of benzene rings is 1. The van der Waals surface area contributed by atoms with Crippen LogP contribution in [0.5, 0.6) is 5.88 Å². The van der Waals surface area contributed by atoms with Gasteiger partial charge < -0.3 is 5.11 Å². The lowest BCUT2D eigenvalue weighted by molar-refractivity contribution is 0.284. The molecular formula is C27H30N6O2S. The van der Waals surface area contributed by atoms with Crippen LogP contribution in [0.25, 0.3) is 15.4 Å². The van der Waals surface area contributed by atoms with Crippen LogP contribution in [0.2, 0.25) is 0 Å². The Bertz CT molecular complexity index is 1510. The van der Waals surface area contributed by atoms with Crippen molar-refractivity contribution in [3.63, 3.8) is 0 Å². The standard InChI is InChI=1S/C27H30N6O2S/c1-15-11-12-18(27(7,8)14-26(4,5)6)13-19(15)33-24(34)20(28-9)16(2)21(25(33)35)30-31-23-22(29-10)17(3)32-36-23/h11-13,34H,14H2,1-8H3. The van der Waals surface area contributed by atoms with Crippen LogP contribution in [0, 0.1) is 39.3 Å². The zero-order valence-corrected chi connectivity index (χ0v) is 22.7. The Labute approximate surface area is 215 Å². The molecule has 0 bridgehead atoms. The summed E-state index contributed by atoms with van der Waals surface area (Å²) in [7, 11) is 0. The molecule has 0 saturated carbocycles. The highest BCUT2D eigenvalue weighted by molar-refractivity contribution is 7.10. The SMILES string of the molecule is [C-]#[N+]c1c(C)nsc1N=Nc1c(C)c([N+]#[C-])c(O)n(-c2cc(C(C)(C)CC(C)(C)C)ccc2C)c1=O. The summed E-state index contributed by atoms with van der Waals surface area (Å²) in [6, 6.07) is 5.85. The maximum Gasteiger partial charge on any atom is 0.283 e. The highest BCUT2D eigenvalue weighted by atomic mass is 32.1. The number of hydrogen-bond donors (Lipinski definition) is 1. The maximum absolute atomic E-state index is 13.7. The van der Waals surface area contributed by atoms with Crippen molar-refractivity contribution in [1.29, 1.82) is 0 Å². The van der Waals surface area contributed by atoms with Crippen molar-refractivity contribution in [3.05, 3.63) is 73.8 Å². The summed E-state index contributed by atoms with van der Waals surface area (Å²) < 4.78 is 5.26. The zero-order chi connectivity index (χ0) is 27.0. The van der Waals surface area contributed by atoms with E-state index in [4.69, 9.17) is 13.1 Å². The molecule has 2 heterocycles. The Hall–Kier alpha value is -3.82. The van der Waals surface area contributed by atoms with Crippen molar-refractivity contribution in [2.45, 2.75) is 67.2 Å². The van der Waals surface area contributed by atoms with E-state index in [0.29, 0.717) is 11.4 Å². The average molecular weight is 503 g/mol. The molecule has 0 fully saturated rings. The second-order valence-electron chi connectivity index (χ2n) is 10.8. The third-order valence-corrected chi connectivity index (χ3v) is 6.84. The van der Waals surface area contributed by atoms with E-state index in [1.54, 1.807) is 13.8 Å². The van der Waals surface area contributed by atoms with Gasteiger partial charge in [-0.05, 0) is 72.3 Å². The fraction of sp³-hybridized carbons (Fsp3) is 0.407. The largest absolute Gasteiger partial charge is 0.502 e. The molecule has 0 amide bonds. The first-order valence-electron chi connectivity index (χ1n) is 11.4. The Morgan fingerprint density at radius 3 is 2.28 bits per heavy atom. The highest BCUT2D eigenvalue weighted by Gasteiger charge is 2.29. The summed E-state index contributed by atoms with van der Waals surface area (Å²) in [4.78, 5) is 20.6. The summed E-state index contributed by atoms with van der Waals surface area (Å²) in [6.45, 7) is 31.0. The zero-order valence-electron chi connectivity index (χ0n) is 21.9. The second kappa shape index (κ2) is 9.67. The number of aromatic hydroxyl groups is 1. The van der Waals surface area contributed by atoms with E-state index >= 15 is 0 Å². The molecule has 9 heteroatoms. The Morgan fingerprint density at radius 2 is 1.69 bits per heavy atom. The van der Waals surface area contributed by atoms with Crippen LogP contribution in [0.3, 0.4) is 0 Å². The fourth-order valence-electron chi connectivity index (χ4n) is 4.57. The van der Waals surface area contributed by atoms with E-state index in [1.165, 1.54) is 0 Å². The van der Waals surface area contributed by atoms with Gasteiger partial charge in [-0.15, -0.1) is 10.2 Å². The lowest BCUT2D eigenvalue weighted by Crippen LogP contribution is -2.26. The van der Waals surface area contributed by atoms with Crippen LogP contribution in [0.15, 0.2) is 33.2 Å². The van der Waals surface area contributed by atoms with Crippen LogP contribution in [-0.2, 0) is 5.41 Å². The van der Waals surface area contributed by atoms with Gasteiger partial charge in [-0.3, -0.25) is 9.36 Å². The maximum atomic E-state index is 13.7. The number of rotatable bonds is 5. The Morgan fingerprint density at radius 1 is 1.06 bits per heavy atom. The van der Waals surface area contributed by atoms with Crippen molar-refractivity contribution >= 4 is 33.6 Å². The Balaban J connectivity index is 2.27. The number of nitrogens with zero attached hydrogens (tertiary/aromatic N) is 6. The minimum Gasteiger partial charge on any atom is -0.502 e. The molecule has 1 N–H and O–H groups in total. The lowest BCUT2D eigenvalue weighted by Gasteiger charge is -2.33. The molecule has 2 aromatic heterocycles. The molecule has 0 aliphatic heterocycles. The number of pyridine rings is 1. The minimum absolute atomic E-state index is 0.0699. The third-order valence-electron chi connectivity index (χ3n) is 6.02. The molecule has 36 heavy (non-hydrogen) atoms. The van der Waals surface area contributed by atoms with Gasteiger partial charge >= 0.3 is 0 Å². The topological polar surface area (TPSA) is 88.6 Å². The fourth-order valence-corrected chi connectivity index (χ4v) is 5.23. The van der Waals surface area contributed by atoms with Gasteiger partial charge in [-0.25, -0.2) is 14.1 Å². The first kappa shape index (κ1) is 26.8. The molecular weight excluding hydrogens is 472 g/mol. The molecule has 0 unspecified atom stereocenters. The number of aromatic nitrogens is 2. The van der Waals surface area contributed by atoms with E-state index in [0.717, 1.165) is 33.6 Å². The summed E-state index contributed by atoms with van der Waals surface area (Å²) in [5, 5.41) is 19.6. The molecule has 0 aliphatic rings. The van der Waals surface area contributed by atoms with E-state index in [9.17, 15) is 9.90 Å². The van der Waals surface area contributed by atoms with Gasteiger partial charge in [0.2, 0.25) is 11.6 Å². The van der Waals surface area contributed by atoms with Crippen molar-refractivity contribution in [1.82, 2.24) is 8.94 Å². The minimum atomic E-state index is -0.597. The monoisotopic (exact) mass is 502 g/mol. The molecule has 3 rings (SSSR count). The van der Waals surface area contributed by atoms with Gasteiger partial charge in [-0.2, -0.15) is 0 Å². The van der Waals surface area contributed by atoms with Crippen LogP contribution in [-0.4, -0.2) is 14.0 Å². The van der Waals surface area contributed by atoms with Gasteiger partial charge in [0, 0.05) is 0 Å². The molecule has 3 aromatic rings. The molecule has 0 saturated heterocycles. The van der Waals surface area contributed by atoms with Gasteiger partial charge in [0.25, 0.3) is 11.2 Å².